The van der Waals surface area contributed by atoms with Gasteiger partial charge in [0.05, 0.1) is 12.8 Å². The molecule has 1 aromatic heterocycles. The van der Waals surface area contributed by atoms with Crippen LogP contribution >= 0.6 is 0 Å². The fourth-order valence-electron chi connectivity index (χ4n) is 1.84. The monoisotopic (exact) mass is 290 g/mol. The van der Waals surface area contributed by atoms with Crippen molar-refractivity contribution in [2.45, 2.75) is 13.0 Å². The molecule has 0 aliphatic rings. The van der Waals surface area contributed by atoms with Gasteiger partial charge in [-0.15, -0.1) is 5.10 Å². The number of benzene rings is 1. The SMILES string of the molecule is COC(=O)NCCNC(C)c1ccc(-n2cnnn2)cc1. The maximum absolute atomic E-state index is 10.9. The Kier molecular flexibility index (Phi) is 5.22. The van der Waals surface area contributed by atoms with Gasteiger partial charge in [0, 0.05) is 19.1 Å². The number of amides is 1. The molecule has 1 heterocycles. The van der Waals surface area contributed by atoms with Crippen LogP contribution in [0.1, 0.15) is 18.5 Å². The Hall–Kier alpha value is -2.48. The normalized spacial score (nSPS) is 11.9. The van der Waals surface area contributed by atoms with Crippen molar-refractivity contribution in [3.8, 4) is 5.69 Å². The van der Waals surface area contributed by atoms with Crippen LogP contribution in [0.4, 0.5) is 4.79 Å². The number of aromatic nitrogens is 4. The van der Waals surface area contributed by atoms with Crippen LogP contribution in [0.5, 0.6) is 0 Å². The summed E-state index contributed by atoms with van der Waals surface area (Å²) in [4.78, 5) is 10.9. The van der Waals surface area contributed by atoms with Gasteiger partial charge in [-0.25, -0.2) is 9.48 Å². The lowest BCUT2D eigenvalue weighted by Gasteiger charge is -2.14. The number of methoxy groups -OCH3 is 1. The number of hydrogen-bond donors (Lipinski definition) is 2. The highest BCUT2D eigenvalue weighted by molar-refractivity contribution is 5.66. The number of carbonyl (C=O) groups excluding carboxylic acids is 1. The number of nitrogens with one attached hydrogen (secondary N) is 2. The van der Waals surface area contributed by atoms with Crippen LogP contribution in [0, 0.1) is 0 Å². The Morgan fingerprint density at radius 3 is 2.71 bits per heavy atom. The molecule has 0 aliphatic carbocycles. The second-order valence-electron chi connectivity index (χ2n) is 4.44. The van der Waals surface area contributed by atoms with E-state index in [2.05, 4.69) is 37.8 Å². The highest BCUT2D eigenvalue weighted by atomic mass is 16.5. The third-order valence-electron chi connectivity index (χ3n) is 3.04. The molecule has 0 fully saturated rings. The van der Waals surface area contributed by atoms with Crippen molar-refractivity contribution in [1.29, 1.82) is 0 Å². The highest BCUT2D eigenvalue weighted by Gasteiger charge is 2.06. The fraction of sp³-hybridized carbons (Fsp3) is 0.385. The molecule has 21 heavy (non-hydrogen) atoms. The zero-order valence-corrected chi connectivity index (χ0v) is 12.0. The van der Waals surface area contributed by atoms with Crippen LogP contribution in [0.15, 0.2) is 30.6 Å². The number of ether oxygens (including phenoxy) is 1. The summed E-state index contributed by atoms with van der Waals surface area (Å²) in [5.74, 6) is 0. The predicted molar refractivity (Wildman–Crippen MR) is 76.0 cm³/mol. The Morgan fingerprint density at radius 2 is 2.10 bits per heavy atom. The van der Waals surface area contributed by atoms with Gasteiger partial charge in [0.1, 0.15) is 6.33 Å². The minimum Gasteiger partial charge on any atom is -0.453 e. The molecule has 112 valence electrons. The number of nitrogens with zero attached hydrogens (tertiary/aromatic N) is 4. The molecular weight excluding hydrogens is 272 g/mol. The Balaban J connectivity index is 1.82. The van der Waals surface area contributed by atoms with Crippen molar-refractivity contribution in [1.82, 2.24) is 30.8 Å². The first-order chi connectivity index (χ1) is 10.2. The maximum Gasteiger partial charge on any atom is 0.406 e. The molecular formula is C13H18N6O2. The van der Waals surface area contributed by atoms with Gasteiger partial charge >= 0.3 is 6.09 Å². The quantitative estimate of drug-likeness (QED) is 0.759. The van der Waals surface area contributed by atoms with E-state index in [0.717, 1.165) is 11.3 Å². The highest BCUT2D eigenvalue weighted by Crippen LogP contribution is 2.14. The van der Waals surface area contributed by atoms with Gasteiger partial charge in [-0.05, 0) is 35.0 Å². The van der Waals surface area contributed by atoms with Gasteiger partial charge in [0.15, 0.2) is 0 Å². The molecule has 0 spiro atoms. The molecule has 1 atom stereocenters. The Morgan fingerprint density at radius 1 is 1.33 bits per heavy atom. The van der Waals surface area contributed by atoms with Crippen LogP contribution in [0.25, 0.3) is 5.69 Å². The standard InChI is InChI=1S/C13H18N6O2/c1-10(14-7-8-15-13(20)21-2)11-3-5-12(6-4-11)19-9-16-17-18-19/h3-6,9-10,14H,7-8H2,1-2H3,(H,15,20). The van der Waals surface area contributed by atoms with Crippen molar-refractivity contribution in [3.63, 3.8) is 0 Å². The van der Waals surface area contributed by atoms with Crippen molar-refractivity contribution < 1.29 is 9.53 Å². The Labute approximate surface area is 122 Å². The van der Waals surface area contributed by atoms with Gasteiger partial charge in [0.2, 0.25) is 0 Å². The summed E-state index contributed by atoms with van der Waals surface area (Å²) in [5.41, 5.74) is 2.05. The summed E-state index contributed by atoms with van der Waals surface area (Å²) in [5, 5.41) is 17.0. The summed E-state index contributed by atoms with van der Waals surface area (Å²) in [6, 6.07) is 8.12. The van der Waals surface area contributed by atoms with Gasteiger partial charge in [-0.3, -0.25) is 0 Å². The summed E-state index contributed by atoms with van der Waals surface area (Å²) in [7, 11) is 1.34. The average Bonchev–Trinajstić information content (AvgIpc) is 3.05. The van der Waals surface area contributed by atoms with Crippen molar-refractivity contribution in [2.75, 3.05) is 20.2 Å². The minimum atomic E-state index is -0.421. The lowest BCUT2D eigenvalue weighted by atomic mass is 10.1. The first kappa shape index (κ1) is 14.9. The number of tetrazole rings is 1. The topological polar surface area (TPSA) is 94.0 Å². The number of alkyl carbamates (subject to hydrolysis) is 1. The van der Waals surface area contributed by atoms with Gasteiger partial charge in [0.25, 0.3) is 0 Å². The number of carbonyl (C=O) groups is 1. The molecule has 0 bridgehead atoms. The van der Waals surface area contributed by atoms with Crippen molar-refractivity contribution in [2.24, 2.45) is 0 Å². The summed E-state index contributed by atoms with van der Waals surface area (Å²) in [6.07, 6.45) is 1.13. The molecule has 2 aromatic rings. The van der Waals surface area contributed by atoms with E-state index < -0.39 is 6.09 Å². The molecule has 8 heteroatoms. The van der Waals surface area contributed by atoms with Crippen molar-refractivity contribution in [3.05, 3.63) is 36.2 Å². The van der Waals surface area contributed by atoms with Gasteiger partial charge in [-0.2, -0.15) is 0 Å². The molecule has 8 nitrogen and oxygen atoms in total. The zero-order valence-electron chi connectivity index (χ0n) is 12.0. The van der Waals surface area contributed by atoms with Crippen LogP contribution in [0.2, 0.25) is 0 Å². The molecule has 1 unspecified atom stereocenters. The van der Waals surface area contributed by atoms with E-state index in [1.54, 1.807) is 11.0 Å². The molecule has 0 saturated carbocycles. The van der Waals surface area contributed by atoms with Crippen molar-refractivity contribution >= 4 is 6.09 Å². The fourth-order valence-corrected chi connectivity index (χ4v) is 1.84. The zero-order chi connectivity index (χ0) is 15.1. The molecule has 2 rings (SSSR count). The smallest absolute Gasteiger partial charge is 0.406 e. The number of hydrogen-bond acceptors (Lipinski definition) is 6. The number of rotatable bonds is 6. The summed E-state index contributed by atoms with van der Waals surface area (Å²) >= 11 is 0. The van der Waals surface area contributed by atoms with E-state index in [9.17, 15) is 4.79 Å². The molecule has 1 amide bonds. The summed E-state index contributed by atoms with van der Waals surface area (Å²) in [6.45, 7) is 3.23. The first-order valence-electron chi connectivity index (χ1n) is 6.59. The van der Waals surface area contributed by atoms with E-state index in [0.29, 0.717) is 13.1 Å². The van der Waals surface area contributed by atoms with Gasteiger partial charge < -0.3 is 15.4 Å². The molecule has 0 radical (unpaired) electrons. The molecule has 2 N–H and O–H groups in total. The second kappa shape index (κ2) is 7.34. The lowest BCUT2D eigenvalue weighted by molar-refractivity contribution is 0.171. The Bertz CT molecular complexity index is 555. The van der Waals surface area contributed by atoms with E-state index >= 15 is 0 Å². The average molecular weight is 290 g/mol. The predicted octanol–water partition coefficient (Wildman–Crippen LogP) is 0.669. The van der Waals surface area contributed by atoms with E-state index in [4.69, 9.17) is 0 Å². The van der Waals surface area contributed by atoms with E-state index in [1.807, 2.05) is 24.3 Å². The molecule has 1 aromatic carbocycles. The largest absolute Gasteiger partial charge is 0.453 e. The van der Waals surface area contributed by atoms with Gasteiger partial charge in [-0.1, -0.05) is 12.1 Å². The summed E-state index contributed by atoms with van der Waals surface area (Å²) < 4.78 is 6.09. The lowest BCUT2D eigenvalue weighted by Crippen LogP contribution is -2.32. The minimum absolute atomic E-state index is 0.173. The van der Waals surface area contributed by atoms with Crippen LogP contribution in [-0.4, -0.2) is 46.5 Å². The first-order valence-corrected chi connectivity index (χ1v) is 6.59. The van der Waals surface area contributed by atoms with Crippen LogP contribution in [-0.2, 0) is 4.74 Å². The molecule has 0 saturated heterocycles. The third-order valence-corrected chi connectivity index (χ3v) is 3.04. The molecule has 0 aliphatic heterocycles. The maximum atomic E-state index is 10.9. The van der Waals surface area contributed by atoms with Crippen LogP contribution in [0.3, 0.4) is 0 Å². The van der Waals surface area contributed by atoms with E-state index in [-0.39, 0.29) is 6.04 Å². The third kappa shape index (κ3) is 4.25. The second-order valence-corrected chi connectivity index (χ2v) is 4.44. The van der Waals surface area contributed by atoms with E-state index in [1.165, 1.54) is 7.11 Å². The van der Waals surface area contributed by atoms with Crippen LogP contribution < -0.4 is 10.6 Å².